The van der Waals surface area contributed by atoms with Gasteiger partial charge in [0.15, 0.2) is 6.10 Å². The van der Waals surface area contributed by atoms with Crippen molar-refractivity contribution in [1.82, 2.24) is 0 Å². The smallest absolute Gasteiger partial charge is 0.303 e. The number of esters is 1. The fourth-order valence-electron chi connectivity index (χ4n) is 1.32. The van der Waals surface area contributed by atoms with Crippen molar-refractivity contribution in [2.24, 2.45) is 0 Å². The highest BCUT2D eigenvalue weighted by Crippen LogP contribution is 2.25. The average Bonchev–Trinajstić information content (AvgIpc) is 2.07. The van der Waals surface area contributed by atoms with Gasteiger partial charge in [0, 0.05) is 12.5 Å². The third-order valence-electron chi connectivity index (χ3n) is 1.98. The molecule has 0 heterocycles. The van der Waals surface area contributed by atoms with Crippen molar-refractivity contribution in [2.45, 2.75) is 25.6 Å². The van der Waals surface area contributed by atoms with Gasteiger partial charge in [0.1, 0.15) is 11.9 Å². The van der Waals surface area contributed by atoms with Gasteiger partial charge < -0.3 is 9.84 Å². The molecule has 4 nitrogen and oxygen atoms in total. The van der Waals surface area contributed by atoms with Gasteiger partial charge in [0.2, 0.25) is 0 Å². The highest BCUT2D eigenvalue weighted by Gasteiger charge is 2.36. The van der Waals surface area contributed by atoms with Crippen LogP contribution in [0, 0.1) is 0 Å². The Bertz CT molecular complexity index is 312. The molecule has 0 saturated carbocycles. The number of rotatable bonds is 2. The Kier molecular flexibility index (Phi) is 2.86. The molecule has 2 atom stereocenters. The highest BCUT2D eigenvalue weighted by molar-refractivity contribution is 5.78. The van der Waals surface area contributed by atoms with E-state index < -0.39 is 17.7 Å². The highest BCUT2D eigenvalue weighted by atomic mass is 16.6. The lowest BCUT2D eigenvalue weighted by Crippen LogP contribution is -2.43. The molecule has 0 bridgehead atoms. The number of carbonyl (C=O) groups excluding carboxylic acids is 2. The Morgan fingerprint density at radius 1 is 1.71 bits per heavy atom. The van der Waals surface area contributed by atoms with Crippen LogP contribution >= 0.6 is 0 Å². The number of aliphatic hydroxyl groups is 1. The molecule has 0 fully saturated rings. The Labute approximate surface area is 81.9 Å². The molecule has 1 aliphatic carbocycles. The summed E-state index contributed by atoms with van der Waals surface area (Å²) in [5.41, 5.74) is -1.07. The van der Waals surface area contributed by atoms with Crippen LogP contribution in [0.25, 0.3) is 0 Å². The molecule has 0 aromatic rings. The molecule has 0 aliphatic heterocycles. The molecule has 14 heavy (non-hydrogen) atoms. The van der Waals surface area contributed by atoms with E-state index in [2.05, 4.69) is 0 Å². The maximum absolute atomic E-state index is 10.8. The average molecular weight is 196 g/mol. The van der Waals surface area contributed by atoms with E-state index in [-0.39, 0.29) is 5.57 Å². The van der Waals surface area contributed by atoms with Crippen molar-refractivity contribution in [2.75, 3.05) is 0 Å². The van der Waals surface area contributed by atoms with Crippen LogP contribution in [0.5, 0.6) is 0 Å². The molecule has 0 aromatic heterocycles. The van der Waals surface area contributed by atoms with Crippen LogP contribution in [0.3, 0.4) is 0 Å². The summed E-state index contributed by atoms with van der Waals surface area (Å²) < 4.78 is 4.87. The van der Waals surface area contributed by atoms with E-state index in [0.29, 0.717) is 6.29 Å². The van der Waals surface area contributed by atoms with E-state index in [0.717, 1.165) is 0 Å². The van der Waals surface area contributed by atoms with Crippen LogP contribution in [0.1, 0.15) is 13.8 Å². The SMILES string of the molecule is CC(=O)OC1C(C=O)=CC=CC1(C)O. The van der Waals surface area contributed by atoms with Gasteiger partial charge in [-0.3, -0.25) is 9.59 Å². The molecule has 1 rings (SSSR count). The second-order valence-corrected chi connectivity index (χ2v) is 3.36. The summed E-state index contributed by atoms with van der Waals surface area (Å²) in [6.07, 6.45) is 4.21. The van der Waals surface area contributed by atoms with Crippen LogP contribution in [0.2, 0.25) is 0 Å². The van der Waals surface area contributed by atoms with Gasteiger partial charge >= 0.3 is 5.97 Å². The number of ether oxygens (including phenoxy) is 1. The first-order valence-electron chi connectivity index (χ1n) is 4.21. The summed E-state index contributed by atoms with van der Waals surface area (Å²) in [5, 5.41) is 9.82. The van der Waals surface area contributed by atoms with E-state index in [9.17, 15) is 14.7 Å². The Balaban J connectivity index is 2.96. The predicted molar refractivity (Wildman–Crippen MR) is 49.5 cm³/mol. The lowest BCUT2D eigenvalue weighted by Gasteiger charge is -2.31. The topological polar surface area (TPSA) is 63.6 Å². The zero-order chi connectivity index (χ0) is 10.8. The third kappa shape index (κ3) is 2.09. The maximum atomic E-state index is 10.8. The minimum absolute atomic E-state index is 0.257. The van der Waals surface area contributed by atoms with Crippen LogP contribution in [-0.2, 0) is 14.3 Å². The predicted octanol–water partition coefficient (Wildman–Crippen LogP) is 0.364. The molecule has 0 radical (unpaired) electrons. The second-order valence-electron chi connectivity index (χ2n) is 3.36. The third-order valence-corrected chi connectivity index (χ3v) is 1.98. The van der Waals surface area contributed by atoms with Crippen molar-refractivity contribution < 1.29 is 19.4 Å². The summed E-state index contributed by atoms with van der Waals surface area (Å²) in [5.74, 6) is -0.529. The van der Waals surface area contributed by atoms with Gasteiger partial charge in [-0.05, 0) is 13.0 Å². The van der Waals surface area contributed by atoms with E-state index in [1.807, 2.05) is 0 Å². The molecule has 1 N–H and O–H groups in total. The monoisotopic (exact) mass is 196 g/mol. The fraction of sp³-hybridized carbons (Fsp3) is 0.400. The Morgan fingerprint density at radius 3 is 2.86 bits per heavy atom. The fourth-order valence-corrected chi connectivity index (χ4v) is 1.32. The first kappa shape index (κ1) is 10.7. The molecule has 4 heteroatoms. The quantitative estimate of drug-likeness (QED) is 0.511. The molecule has 0 spiro atoms. The van der Waals surface area contributed by atoms with E-state index in [1.54, 1.807) is 6.08 Å². The first-order chi connectivity index (χ1) is 6.47. The van der Waals surface area contributed by atoms with Crippen molar-refractivity contribution in [3.63, 3.8) is 0 Å². The molecule has 0 saturated heterocycles. The van der Waals surface area contributed by atoms with Gasteiger partial charge in [0.25, 0.3) is 0 Å². The van der Waals surface area contributed by atoms with Crippen LogP contribution in [0.15, 0.2) is 23.8 Å². The number of carbonyl (C=O) groups is 2. The lowest BCUT2D eigenvalue weighted by atomic mass is 9.89. The molecule has 76 valence electrons. The molecule has 0 aromatic carbocycles. The number of hydrogen-bond acceptors (Lipinski definition) is 4. The summed E-state index contributed by atoms with van der Waals surface area (Å²) in [7, 11) is 0. The summed E-state index contributed by atoms with van der Waals surface area (Å²) in [6.45, 7) is 2.71. The van der Waals surface area contributed by atoms with Crippen molar-refractivity contribution in [1.29, 1.82) is 0 Å². The molecule has 0 amide bonds. The number of aldehydes is 1. The van der Waals surface area contributed by atoms with Gasteiger partial charge in [-0.15, -0.1) is 0 Å². The first-order valence-corrected chi connectivity index (χ1v) is 4.21. The minimum Gasteiger partial charge on any atom is -0.454 e. The Hall–Kier alpha value is -1.42. The standard InChI is InChI=1S/C10H12O4/c1-7(12)14-9-8(6-11)4-3-5-10(9,2)13/h3-6,9,13H,1-2H3. The zero-order valence-electron chi connectivity index (χ0n) is 8.06. The van der Waals surface area contributed by atoms with Gasteiger partial charge in [-0.1, -0.05) is 12.2 Å². The van der Waals surface area contributed by atoms with Crippen molar-refractivity contribution in [3.05, 3.63) is 23.8 Å². The van der Waals surface area contributed by atoms with Crippen molar-refractivity contribution >= 4 is 12.3 Å². The number of allylic oxidation sites excluding steroid dienone is 2. The summed E-state index contributed by atoms with van der Waals surface area (Å²) >= 11 is 0. The molecule has 1 aliphatic rings. The largest absolute Gasteiger partial charge is 0.454 e. The number of hydrogen-bond donors (Lipinski definition) is 1. The second kappa shape index (κ2) is 3.75. The lowest BCUT2D eigenvalue weighted by molar-refractivity contribution is -0.153. The Morgan fingerprint density at radius 2 is 2.36 bits per heavy atom. The van der Waals surface area contributed by atoms with E-state index >= 15 is 0 Å². The molecule has 2 unspecified atom stereocenters. The van der Waals surface area contributed by atoms with E-state index in [1.165, 1.54) is 26.0 Å². The van der Waals surface area contributed by atoms with Gasteiger partial charge in [-0.2, -0.15) is 0 Å². The summed E-state index contributed by atoms with van der Waals surface area (Å²) in [4.78, 5) is 21.4. The van der Waals surface area contributed by atoms with Crippen molar-refractivity contribution in [3.8, 4) is 0 Å². The normalized spacial score (nSPS) is 30.8. The molecular formula is C10H12O4. The maximum Gasteiger partial charge on any atom is 0.303 e. The van der Waals surface area contributed by atoms with Gasteiger partial charge in [-0.25, -0.2) is 0 Å². The van der Waals surface area contributed by atoms with Crippen LogP contribution in [0.4, 0.5) is 0 Å². The zero-order valence-corrected chi connectivity index (χ0v) is 8.06. The molecular weight excluding hydrogens is 184 g/mol. The van der Waals surface area contributed by atoms with Crippen LogP contribution < -0.4 is 0 Å². The van der Waals surface area contributed by atoms with Gasteiger partial charge in [0.05, 0.1) is 0 Å². The van der Waals surface area contributed by atoms with E-state index in [4.69, 9.17) is 4.74 Å². The summed E-state index contributed by atoms with van der Waals surface area (Å²) in [6, 6.07) is 0. The minimum atomic E-state index is -1.32. The van der Waals surface area contributed by atoms with Crippen LogP contribution in [-0.4, -0.2) is 29.1 Å².